The minimum Gasteiger partial charge on any atom is -0.439 e. The summed E-state index contributed by atoms with van der Waals surface area (Å²) in [5.74, 6) is 0.377. The van der Waals surface area contributed by atoms with E-state index in [0.717, 1.165) is 38.1 Å². The molecule has 2 heterocycles. The molecule has 0 amide bonds. The summed E-state index contributed by atoms with van der Waals surface area (Å²) in [7, 11) is 0. The molecular formula is C13H18Cl2FN3O. The lowest BCUT2D eigenvalue weighted by Gasteiger charge is -2.16. The third kappa shape index (κ3) is 4.06. The molecule has 1 aliphatic heterocycles. The molecule has 7 heteroatoms. The molecule has 0 atom stereocenters. The van der Waals surface area contributed by atoms with Gasteiger partial charge < -0.3 is 9.73 Å². The van der Waals surface area contributed by atoms with Gasteiger partial charge in [-0.25, -0.2) is 9.37 Å². The summed E-state index contributed by atoms with van der Waals surface area (Å²) < 4.78 is 18.6. The number of benzene rings is 1. The zero-order valence-electron chi connectivity index (χ0n) is 11.0. The number of oxazole rings is 1. The predicted octanol–water partition coefficient (Wildman–Crippen LogP) is 2.61. The van der Waals surface area contributed by atoms with Crippen LogP contribution in [0.4, 0.5) is 4.39 Å². The lowest BCUT2D eigenvalue weighted by molar-refractivity contribution is 0.257. The number of aromatic nitrogens is 1. The van der Waals surface area contributed by atoms with Gasteiger partial charge in [0.1, 0.15) is 11.3 Å². The highest BCUT2D eigenvalue weighted by Gasteiger charge is 2.13. The highest BCUT2D eigenvalue weighted by atomic mass is 35.5. The standard InChI is InChI=1S/C13H16FN3O.2ClH/c14-10-2-3-11-12(8-10)18-13(16-11)9-17-6-1-4-15-5-7-17;;/h2-3,8,15H,1,4-7,9H2;2*1H. The van der Waals surface area contributed by atoms with Crippen molar-refractivity contribution in [3.8, 4) is 0 Å². The Morgan fingerprint density at radius 3 is 2.95 bits per heavy atom. The maximum absolute atomic E-state index is 13.1. The molecule has 0 unspecified atom stereocenters. The normalized spacial score (nSPS) is 16.2. The SMILES string of the molecule is Cl.Cl.Fc1ccc2nc(CN3CCCNCC3)oc2c1. The van der Waals surface area contributed by atoms with Crippen molar-refractivity contribution in [1.29, 1.82) is 0 Å². The summed E-state index contributed by atoms with van der Waals surface area (Å²) in [6.45, 7) is 4.79. The van der Waals surface area contributed by atoms with E-state index >= 15 is 0 Å². The Bertz CT molecular complexity index is 541. The van der Waals surface area contributed by atoms with Gasteiger partial charge in [-0.05, 0) is 31.6 Å². The fourth-order valence-electron chi connectivity index (χ4n) is 2.26. The van der Waals surface area contributed by atoms with Crippen LogP contribution in [-0.2, 0) is 6.54 Å². The van der Waals surface area contributed by atoms with E-state index in [2.05, 4.69) is 15.2 Å². The van der Waals surface area contributed by atoms with Crippen molar-refractivity contribution in [1.82, 2.24) is 15.2 Å². The van der Waals surface area contributed by atoms with Gasteiger partial charge in [0.15, 0.2) is 5.58 Å². The lowest BCUT2D eigenvalue weighted by Crippen LogP contribution is -2.27. The van der Waals surface area contributed by atoms with Crippen LogP contribution in [0.5, 0.6) is 0 Å². The average Bonchev–Trinajstić information content (AvgIpc) is 2.57. The van der Waals surface area contributed by atoms with E-state index in [0.29, 0.717) is 18.0 Å². The number of rotatable bonds is 2. The molecule has 1 N–H and O–H groups in total. The summed E-state index contributed by atoms with van der Waals surface area (Å²) >= 11 is 0. The van der Waals surface area contributed by atoms with Gasteiger partial charge in [0, 0.05) is 19.2 Å². The number of nitrogens with zero attached hydrogens (tertiary/aromatic N) is 2. The van der Waals surface area contributed by atoms with E-state index in [1.807, 2.05) is 0 Å². The van der Waals surface area contributed by atoms with Crippen molar-refractivity contribution in [3.05, 3.63) is 29.9 Å². The van der Waals surface area contributed by atoms with Crippen molar-refractivity contribution >= 4 is 35.9 Å². The van der Waals surface area contributed by atoms with E-state index in [-0.39, 0.29) is 30.6 Å². The lowest BCUT2D eigenvalue weighted by atomic mass is 10.3. The minimum atomic E-state index is -0.288. The quantitative estimate of drug-likeness (QED) is 0.923. The molecule has 3 rings (SSSR count). The number of fused-ring (bicyclic) bond motifs is 1. The number of hydrogen-bond donors (Lipinski definition) is 1. The first-order chi connectivity index (χ1) is 8.81. The molecule has 0 saturated carbocycles. The van der Waals surface area contributed by atoms with E-state index < -0.39 is 0 Å². The first kappa shape index (κ1) is 17.2. The van der Waals surface area contributed by atoms with E-state index in [1.54, 1.807) is 6.07 Å². The van der Waals surface area contributed by atoms with Crippen LogP contribution in [0.3, 0.4) is 0 Å². The average molecular weight is 322 g/mol. The second-order valence-corrected chi connectivity index (χ2v) is 4.60. The van der Waals surface area contributed by atoms with Crippen LogP contribution in [-0.4, -0.2) is 36.1 Å². The second kappa shape index (κ2) is 7.78. The first-order valence-corrected chi connectivity index (χ1v) is 6.29. The highest BCUT2D eigenvalue weighted by Crippen LogP contribution is 2.17. The molecule has 0 radical (unpaired) electrons. The van der Waals surface area contributed by atoms with Crippen LogP contribution in [0, 0.1) is 5.82 Å². The minimum absolute atomic E-state index is 0. The highest BCUT2D eigenvalue weighted by molar-refractivity contribution is 5.85. The largest absolute Gasteiger partial charge is 0.439 e. The topological polar surface area (TPSA) is 41.3 Å². The van der Waals surface area contributed by atoms with Crippen molar-refractivity contribution in [3.63, 3.8) is 0 Å². The maximum atomic E-state index is 13.1. The van der Waals surface area contributed by atoms with Crippen molar-refractivity contribution in [2.45, 2.75) is 13.0 Å². The Balaban J connectivity index is 0.000001000. The van der Waals surface area contributed by atoms with Crippen molar-refractivity contribution < 1.29 is 8.81 Å². The third-order valence-electron chi connectivity index (χ3n) is 3.19. The zero-order chi connectivity index (χ0) is 12.4. The molecule has 1 saturated heterocycles. The van der Waals surface area contributed by atoms with Gasteiger partial charge in [0.2, 0.25) is 5.89 Å². The fourth-order valence-corrected chi connectivity index (χ4v) is 2.26. The van der Waals surface area contributed by atoms with Crippen LogP contribution in [0.25, 0.3) is 11.1 Å². The Labute approximate surface area is 129 Å². The van der Waals surface area contributed by atoms with Crippen LogP contribution >= 0.6 is 24.8 Å². The monoisotopic (exact) mass is 321 g/mol. The predicted molar refractivity (Wildman–Crippen MR) is 81.2 cm³/mol. The van der Waals surface area contributed by atoms with Gasteiger partial charge in [0.05, 0.1) is 6.54 Å². The molecule has 1 fully saturated rings. The fraction of sp³-hybridized carbons (Fsp3) is 0.462. The Kier molecular flexibility index (Phi) is 6.68. The molecule has 2 aromatic rings. The molecule has 0 bridgehead atoms. The molecule has 1 aromatic heterocycles. The summed E-state index contributed by atoms with van der Waals surface area (Å²) in [5, 5.41) is 3.35. The molecule has 1 aliphatic rings. The van der Waals surface area contributed by atoms with Gasteiger partial charge >= 0.3 is 0 Å². The van der Waals surface area contributed by atoms with Crippen molar-refractivity contribution in [2.24, 2.45) is 0 Å². The van der Waals surface area contributed by atoms with Crippen LogP contribution in [0.15, 0.2) is 22.6 Å². The maximum Gasteiger partial charge on any atom is 0.209 e. The molecule has 4 nitrogen and oxygen atoms in total. The zero-order valence-corrected chi connectivity index (χ0v) is 12.6. The van der Waals surface area contributed by atoms with Gasteiger partial charge in [0.25, 0.3) is 0 Å². The first-order valence-electron chi connectivity index (χ1n) is 6.29. The summed E-state index contributed by atoms with van der Waals surface area (Å²) in [4.78, 5) is 6.69. The Morgan fingerprint density at radius 1 is 1.25 bits per heavy atom. The van der Waals surface area contributed by atoms with E-state index in [9.17, 15) is 4.39 Å². The molecule has 1 aromatic carbocycles. The summed E-state index contributed by atoms with van der Waals surface area (Å²) in [6.07, 6.45) is 1.13. The number of nitrogens with one attached hydrogen (secondary N) is 1. The molecule has 0 spiro atoms. The smallest absolute Gasteiger partial charge is 0.209 e. The number of halogens is 3. The second-order valence-electron chi connectivity index (χ2n) is 4.60. The molecule has 20 heavy (non-hydrogen) atoms. The van der Waals surface area contributed by atoms with Crippen LogP contribution < -0.4 is 5.32 Å². The molecular weight excluding hydrogens is 304 g/mol. The van der Waals surface area contributed by atoms with Crippen LogP contribution in [0.1, 0.15) is 12.3 Å². The van der Waals surface area contributed by atoms with Gasteiger partial charge in [-0.1, -0.05) is 0 Å². The van der Waals surface area contributed by atoms with Gasteiger partial charge in [-0.15, -0.1) is 24.8 Å². The summed E-state index contributed by atoms with van der Waals surface area (Å²) in [5.41, 5.74) is 1.25. The van der Waals surface area contributed by atoms with Gasteiger partial charge in [-0.2, -0.15) is 0 Å². The third-order valence-corrected chi connectivity index (χ3v) is 3.19. The molecule has 0 aliphatic carbocycles. The van der Waals surface area contributed by atoms with Crippen LogP contribution in [0.2, 0.25) is 0 Å². The Morgan fingerprint density at radius 2 is 2.10 bits per heavy atom. The van der Waals surface area contributed by atoms with E-state index in [4.69, 9.17) is 4.42 Å². The van der Waals surface area contributed by atoms with E-state index in [1.165, 1.54) is 12.1 Å². The Hall–Kier alpha value is -0.880. The molecule has 112 valence electrons. The number of hydrogen-bond acceptors (Lipinski definition) is 4. The van der Waals surface area contributed by atoms with Gasteiger partial charge in [-0.3, -0.25) is 4.90 Å². The summed E-state index contributed by atoms with van der Waals surface area (Å²) in [6, 6.07) is 4.45. The van der Waals surface area contributed by atoms with Crippen molar-refractivity contribution in [2.75, 3.05) is 26.2 Å².